The normalized spacial score (nSPS) is 11.5. The molecule has 8 heteroatoms. The molecule has 0 aliphatic carbocycles. The molecule has 0 spiro atoms. The van der Waals surface area contributed by atoms with Crippen LogP contribution in [0.25, 0.3) is 17.1 Å². The van der Waals surface area contributed by atoms with Gasteiger partial charge in [0, 0.05) is 16.1 Å². The van der Waals surface area contributed by atoms with Crippen LogP contribution in [0, 0.1) is 6.92 Å². The van der Waals surface area contributed by atoms with E-state index in [9.17, 15) is 4.79 Å². The summed E-state index contributed by atoms with van der Waals surface area (Å²) in [6, 6.07) is 22.0. The fourth-order valence-corrected chi connectivity index (χ4v) is 4.33. The van der Waals surface area contributed by atoms with Crippen molar-refractivity contribution in [1.82, 2.24) is 20.2 Å². The fraction of sp³-hybridized carbons (Fsp3) is 0.130. The molecule has 2 aromatic heterocycles. The molecule has 0 fully saturated rings. The van der Waals surface area contributed by atoms with Crippen molar-refractivity contribution in [2.75, 3.05) is 5.75 Å². The number of hydrogen-bond donors (Lipinski definition) is 1. The van der Waals surface area contributed by atoms with Crippen molar-refractivity contribution in [2.24, 2.45) is 5.10 Å². The van der Waals surface area contributed by atoms with Crippen molar-refractivity contribution < 1.29 is 4.79 Å². The van der Waals surface area contributed by atoms with Crippen molar-refractivity contribution in [3.8, 4) is 17.1 Å². The van der Waals surface area contributed by atoms with Gasteiger partial charge in [-0.25, -0.2) is 5.43 Å². The third-order valence-corrected chi connectivity index (χ3v) is 6.42. The quantitative estimate of drug-likeness (QED) is 0.248. The van der Waals surface area contributed by atoms with Crippen LogP contribution in [0.3, 0.4) is 0 Å². The van der Waals surface area contributed by atoms with E-state index in [-0.39, 0.29) is 11.7 Å². The summed E-state index contributed by atoms with van der Waals surface area (Å²) in [6.07, 6.45) is 0. The van der Waals surface area contributed by atoms with Crippen molar-refractivity contribution in [3.05, 3.63) is 82.6 Å². The number of aryl methyl sites for hydroxylation is 1. The van der Waals surface area contributed by atoms with E-state index < -0.39 is 0 Å². The predicted octanol–water partition coefficient (Wildman–Crippen LogP) is 4.94. The summed E-state index contributed by atoms with van der Waals surface area (Å²) >= 11 is 2.91. The van der Waals surface area contributed by atoms with Gasteiger partial charge in [-0.2, -0.15) is 5.10 Å². The topological polar surface area (TPSA) is 72.2 Å². The Bertz CT molecular complexity index is 1180. The van der Waals surface area contributed by atoms with E-state index in [1.54, 1.807) is 11.3 Å². The molecule has 0 aliphatic heterocycles. The lowest BCUT2D eigenvalue weighted by Gasteiger charge is -2.10. The number of hydrogen-bond acceptors (Lipinski definition) is 6. The Balaban J connectivity index is 1.53. The zero-order chi connectivity index (χ0) is 21.6. The number of carbonyl (C=O) groups excluding carboxylic acids is 1. The van der Waals surface area contributed by atoms with Gasteiger partial charge in [0.25, 0.3) is 5.91 Å². The molecule has 2 heterocycles. The molecule has 6 nitrogen and oxygen atoms in total. The van der Waals surface area contributed by atoms with E-state index in [0.29, 0.717) is 5.16 Å². The van der Waals surface area contributed by atoms with Gasteiger partial charge in [-0.3, -0.25) is 9.36 Å². The number of para-hydroxylation sites is 1. The molecule has 0 radical (unpaired) electrons. The first-order valence-corrected chi connectivity index (χ1v) is 11.6. The predicted molar refractivity (Wildman–Crippen MR) is 127 cm³/mol. The maximum atomic E-state index is 12.4. The number of amides is 1. The van der Waals surface area contributed by atoms with Crippen LogP contribution in [0.1, 0.15) is 17.4 Å². The van der Waals surface area contributed by atoms with Crippen LogP contribution in [0.2, 0.25) is 0 Å². The molecule has 4 rings (SSSR count). The molecule has 0 saturated heterocycles. The SMILES string of the molecule is C/C(=N/NC(=O)CSc1nnc(-c2ccc(C)cc2)n1-c1ccccc1)c1cccs1. The van der Waals surface area contributed by atoms with Crippen LogP contribution in [-0.4, -0.2) is 32.1 Å². The maximum Gasteiger partial charge on any atom is 0.250 e. The Morgan fingerprint density at radius 1 is 1.06 bits per heavy atom. The van der Waals surface area contributed by atoms with Gasteiger partial charge in [-0.15, -0.1) is 21.5 Å². The number of nitrogens with zero attached hydrogens (tertiary/aromatic N) is 4. The highest BCUT2D eigenvalue weighted by molar-refractivity contribution is 7.99. The molecule has 0 aliphatic rings. The summed E-state index contributed by atoms with van der Waals surface area (Å²) in [7, 11) is 0. The lowest BCUT2D eigenvalue weighted by molar-refractivity contribution is -0.118. The molecule has 0 atom stereocenters. The van der Waals surface area contributed by atoms with Crippen LogP contribution in [0.5, 0.6) is 0 Å². The fourth-order valence-electron chi connectivity index (χ4n) is 2.91. The van der Waals surface area contributed by atoms with Gasteiger partial charge in [-0.1, -0.05) is 65.9 Å². The molecular weight excluding hydrogens is 426 g/mol. The highest BCUT2D eigenvalue weighted by atomic mass is 32.2. The van der Waals surface area contributed by atoms with Crippen LogP contribution in [0.15, 0.2) is 82.4 Å². The van der Waals surface area contributed by atoms with E-state index in [2.05, 4.69) is 20.7 Å². The van der Waals surface area contributed by atoms with Crippen molar-refractivity contribution >= 4 is 34.7 Å². The largest absolute Gasteiger partial charge is 0.272 e. The van der Waals surface area contributed by atoms with E-state index in [1.807, 2.05) is 90.5 Å². The maximum absolute atomic E-state index is 12.4. The Kier molecular flexibility index (Phi) is 6.59. The molecule has 1 N–H and O–H groups in total. The van der Waals surface area contributed by atoms with E-state index in [0.717, 1.165) is 27.7 Å². The van der Waals surface area contributed by atoms with E-state index in [4.69, 9.17) is 0 Å². The van der Waals surface area contributed by atoms with E-state index in [1.165, 1.54) is 17.3 Å². The van der Waals surface area contributed by atoms with Crippen LogP contribution < -0.4 is 5.43 Å². The van der Waals surface area contributed by atoms with Crippen molar-refractivity contribution in [1.29, 1.82) is 0 Å². The Hall–Kier alpha value is -3.23. The van der Waals surface area contributed by atoms with Gasteiger partial charge in [0.05, 0.1) is 11.5 Å². The minimum atomic E-state index is -0.194. The summed E-state index contributed by atoms with van der Waals surface area (Å²) < 4.78 is 1.97. The average molecular weight is 448 g/mol. The molecule has 31 heavy (non-hydrogen) atoms. The van der Waals surface area contributed by atoms with Crippen LogP contribution in [-0.2, 0) is 4.79 Å². The van der Waals surface area contributed by atoms with Gasteiger partial charge >= 0.3 is 0 Å². The molecule has 0 bridgehead atoms. The second kappa shape index (κ2) is 9.72. The monoisotopic (exact) mass is 447 g/mol. The zero-order valence-corrected chi connectivity index (χ0v) is 18.8. The minimum Gasteiger partial charge on any atom is -0.272 e. The number of carbonyl (C=O) groups is 1. The summed E-state index contributed by atoms with van der Waals surface area (Å²) in [5.41, 5.74) is 6.49. The highest BCUT2D eigenvalue weighted by Gasteiger charge is 2.17. The summed E-state index contributed by atoms with van der Waals surface area (Å²) in [4.78, 5) is 13.4. The molecule has 0 saturated carbocycles. The summed E-state index contributed by atoms with van der Waals surface area (Å²) in [5, 5.41) is 15.6. The van der Waals surface area contributed by atoms with Crippen LogP contribution in [0.4, 0.5) is 0 Å². The Labute approximate surface area is 189 Å². The van der Waals surface area contributed by atoms with E-state index >= 15 is 0 Å². The molecule has 2 aromatic carbocycles. The molecule has 156 valence electrons. The molecule has 4 aromatic rings. The first kappa shape index (κ1) is 21.0. The third kappa shape index (κ3) is 5.10. The number of thioether (sulfide) groups is 1. The number of benzene rings is 2. The zero-order valence-electron chi connectivity index (χ0n) is 17.1. The Morgan fingerprint density at radius 3 is 2.55 bits per heavy atom. The number of rotatable bonds is 7. The summed E-state index contributed by atoms with van der Waals surface area (Å²) in [6.45, 7) is 3.92. The van der Waals surface area contributed by atoms with Gasteiger partial charge in [0.1, 0.15) is 0 Å². The lowest BCUT2D eigenvalue weighted by atomic mass is 10.1. The summed E-state index contributed by atoms with van der Waals surface area (Å²) in [5.74, 6) is 0.723. The van der Waals surface area contributed by atoms with Gasteiger partial charge in [0.2, 0.25) is 0 Å². The number of thiophene rings is 1. The number of aromatic nitrogens is 3. The molecule has 0 unspecified atom stereocenters. The standard InChI is InChI=1S/C23H21N5OS2/c1-16-10-12-18(13-11-16)22-26-27-23(28(22)19-7-4-3-5-8-19)31-15-21(29)25-24-17(2)20-9-6-14-30-20/h3-14H,15H2,1-2H3,(H,25,29)/b24-17-. The first-order chi connectivity index (χ1) is 15.1. The van der Waals surface area contributed by atoms with Gasteiger partial charge < -0.3 is 0 Å². The minimum absolute atomic E-state index is 0.181. The smallest absolute Gasteiger partial charge is 0.250 e. The highest BCUT2D eigenvalue weighted by Crippen LogP contribution is 2.28. The van der Waals surface area contributed by atoms with Crippen molar-refractivity contribution in [2.45, 2.75) is 19.0 Å². The lowest BCUT2D eigenvalue weighted by Crippen LogP contribution is -2.21. The van der Waals surface area contributed by atoms with Crippen LogP contribution >= 0.6 is 23.1 Å². The van der Waals surface area contributed by atoms with Crippen molar-refractivity contribution in [3.63, 3.8) is 0 Å². The molecular formula is C23H21N5OS2. The number of hydrazone groups is 1. The second-order valence-corrected chi connectivity index (χ2v) is 8.73. The average Bonchev–Trinajstić information content (AvgIpc) is 3.47. The number of nitrogens with one attached hydrogen (secondary N) is 1. The van der Waals surface area contributed by atoms with Gasteiger partial charge in [0.15, 0.2) is 11.0 Å². The Morgan fingerprint density at radius 2 is 1.84 bits per heavy atom. The molecule has 1 amide bonds. The van der Waals surface area contributed by atoms with Gasteiger partial charge in [-0.05, 0) is 37.4 Å². The third-order valence-electron chi connectivity index (χ3n) is 4.52. The second-order valence-electron chi connectivity index (χ2n) is 6.84. The first-order valence-electron chi connectivity index (χ1n) is 9.69.